The van der Waals surface area contributed by atoms with Gasteiger partial charge >= 0.3 is 11.7 Å². The normalized spacial score (nSPS) is 20.9. The summed E-state index contributed by atoms with van der Waals surface area (Å²) in [5, 5.41) is 28.0. The molecule has 40 nitrogen and oxygen atoms in total. The van der Waals surface area contributed by atoms with Gasteiger partial charge in [0.1, 0.15) is 56.7 Å². The van der Waals surface area contributed by atoms with E-state index in [1.54, 1.807) is 81.3 Å². The summed E-state index contributed by atoms with van der Waals surface area (Å²) in [6.45, 7) is 17.6. The molecule has 4 aliphatic carbocycles. The van der Waals surface area contributed by atoms with Crippen LogP contribution in [0.25, 0.3) is 44.1 Å². The maximum atomic E-state index is 12.3. The lowest BCUT2D eigenvalue weighted by Gasteiger charge is -2.31. The Hall–Kier alpha value is -13.5. The standard InChI is InChI=1S/C27H35N7O4.C25H31N7O4.C24H30N6O3.C22H26N6O3/c1-18(17-36-2)32-26(35)19-15-30-27(31-16-19)33-20-3-5-22(6-4-20)38-24-14-21(34-9-11-37-12-10-34)13-23-25(24)29-8-7-28-23;33-10-7-28-24(34)17-15-29-25(30-16-17)31-18-1-3-20(4-2-18)36-22-14-19(32-8-11-35-12-9-32)13-21-23(22)27-6-5-26-21;1-2-32-24-27-8-7-22(29-24)28-17-3-5-19(6-4-17)33-21-16-18(30-11-13-31-14-12-30)15-20-23(21)26-10-9-25-20;29-22-25-6-5-20(27-22)26-15-1-3-17(4-2-15)31-19-14-16(28-9-11-30-12-10-28)13-18-21(19)24-8-7-23-18/h7-8,13-16,18,20,22H,3-6,9-12,17H2,1-2H3,(H,32,35)(H,30,31,33);5-6,13-16,18,20,33H,1-4,7-12H2,(H,28,34)(H,29,30,31);7-10,15-17,19H,2-6,11-14H2,1H3,(H,27,28,29);5-8,13-15,17H,1-4,9-12H2,(H2,25,26,27,29). The van der Waals surface area contributed by atoms with Crippen LogP contribution in [0.3, 0.4) is 0 Å². The van der Waals surface area contributed by atoms with Gasteiger partial charge in [0.2, 0.25) is 11.9 Å². The molecule has 4 saturated heterocycles. The molecule has 2 amide bonds. The molecule has 20 rings (SSSR count). The van der Waals surface area contributed by atoms with E-state index >= 15 is 0 Å². The van der Waals surface area contributed by atoms with Gasteiger partial charge in [0.05, 0.1) is 130 Å². The quantitative estimate of drug-likeness (QED) is 0.0216. The SMILES string of the molecule is CCOc1nccc(NC2CCC(Oc3cc(N4CCOCC4)cc4nccnc34)CC2)n1.COCC(C)NC(=O)c1cnc(NC2CCC(Oc3cc(N4CCOCC4)cc4nccnc34)CC2)nc1.O=C(NCCO)c1cnc(NC2CCC(Oc3cc(N4CCOCC4)cc4nccnc34)CC2)nc1.O=c1nccc(NC2CCC(Oc3cc(N4CCOCC4)cc4nccnc34)CC2)[nH]1. The fourth-order valence-electron chi connectivity index (χ4n) is 18.3. The number of benzene rings is 4. The molecule has 8 fully saturated rings. The van der Waals surface area contributed by atoms with E-state index in [9.17, 15) is 14.4 Å². The molecular weight excluding hydrogens is 1770 g/mol. The first-order chi connectivity index (χ1) is 67.8. The van der Waals surface area contributed by atoms with Gasteiger partial charge in [-0.15, -0.1) is 0 Å². The minimum Gasteiger partial charge on any atom is -0.488 e. The lowest BCUT2D eigenvalue weighted by Crippen LogP contribution is -2.36. The first-order valence-corrected chi connectivity index (χ1v) is 48.2. The van der Waals surface area contributed by atoms with Crippen LogP contribution in [0.4, 0.5) is 46.3 Å². The average molecular weight is 1890 g/mol. The topological polar surface area (TPSA) is 458 Å². The van der Waals surface area contributed by atoms with Crippen LogP contribution in [-0.4, -0.2) is 290 Å². The summed E-state index contributed by atoms with van der Waals surface area (Å²) in [6.07, 6.45) is 38.5. The zero-order valence-electron chi connectivity index (χ0n) is 78.3. The van der Waals surface area contributed by atoms with Crippen molar-refractivity contribution in [2.75, 3.05) is 180 Å². The Morgan fingerprint density at radius 1 is 0.420 bits per heavy atom. The van der Waals surface area contributed by atoms with E-state index in [-0.39, 0.29) is 73.2 Å². The monoisotopic (exact) mass is 1890 g/mol. The summed E-state index contributed by atoms with van der Waals surface area (Å²) in [6, 6.07) is 21.8. The molecule has 8 N–H and O–H groups in total. The van der Waals surface area contributed by atoms with E-state index in [0.29, 0.717) is 60.1 Å². The Labute approximate surface area is 799 Å². The smallest absolute Gasteiger partial charge is 0.346 e. The van der Waals surface area contributed by atoms with Crippen molar-refractivity contribution in [2.45, 2.75) is 171 Å². The van der Waals surface area contributed by atoms with E-state index in [2.05, 4.69) is 180 Å². The van der Waals surface area contributed by atoms with E-state index in [4.69, 9.17) is 52.5 Å². The van der Waals surface area contributed by atoms with Gasteiger partial charge in [-0.1, -0.05) is 0 Å². The van der Waals surface area contributed by atoms with Crippen LogP contribution in [0.15, 0.2) is 152 Å². The number of carbonyl (C=O) groups excluding carboxylic acids is 2. The van der Waals surface area contributed by atoms with Crippen molar-refractivity contribution in [2.24, 2.45) is 0 Å². The summed E-state index contributed by atoms with van der Waals surface area (Å²) in [5.41, 5.74) is 11.4. The highest BCUT2D eigenvalue weighted by atomic mass is 16.5. The molecule has 40 heteroatoms. The number of H-pyrrole nitrogens is 1. The van der Waals surface area contributed by atoms with Gasteiger partial charge in [-0.25, -0.2) is 54.6 Å². The van der Waals surface area contributed by atoms with Gasteiger partial charge in [-0.2, -0.15) is 4.98 Å². The number of anilines is 8. The Bertz CT molecular complexity index is 5970. The number of hydrogen-bond acceptors (Lipinski definition) is 37. The van der Waals surface area contributed by atoms with Crippen molar-refractivity contribution in [3.8, 4) is 29.0 Å². The molecule has 4 aliphatic heterocycles. The number of methoxy groups -OCH3 is 1. The molecule has 12 aromatic rings. The molecule has 0 radical (unpaired) electrons. The summed E-state index contributed by atoms with van der Waals surface area (Å²) < 4.78 is 58.5. The average Bonchev–Trinajstić information content (AvgIpc) is 0.802. The van der Waals surface area contributed by atoms with Crippen LogP contribution in [0.2, 0.25) is 0 Å². The number of aliphatic hydroxyl groups is 1. The van der Waals surface area contributed by atoms with Crippen LogP contribution in [-0.2, 0) is 23.7 Å². The van der Waals surface area contributed by atoms with Crippen molar-refractivity contribution in [1.29, 1.82) is 0 Å². The fraction of sp³-hybridized carbons (Fsp3) is 0.490. The number of aromatic amines is 1. The predicted octanol–water partition coefficient (Wildman–Crippen LogP) is 10.4. The number of morpholine rings is 4. The first-order valence-electron chi connectivity index (χ1n) is 48.2. The zero-order valence-corrected chi connectivity index (χ0v) is 78.3. The van der Waals surface area contributed by atoms with Gasteiger partial charge < -0.3 is 104 Å². The molecule has 728 valence electrons. The Morgan fingerprint density at radius 2 is 0.761 bits per heavy atom. The van der Waals surface area contributed by atoms with Gasteiger partial charge in [-0.3, -0.25) is 34.5 Å². The number of fused-ring (bicyclic) bond motifs is 4. The second kappa shape index (κ2) is 48.5. The number of amides is 2. The zero-order chi connectivity index (χ0) is 94.6. The molecule has 12 heterocycles. The number of rotatable bonds is 29. The second-order valence-corrected chi connectivity index (χ2v) is 35.2. The van der Waals surface area contributed by atoms with E-state index in [0.717, 1.165) is 304 Å². The maximum absolute atomic E-state index is 12.3. The van der Waals surface area contributed by atoms with Crippen LogP contribution in [0.5, 0.6) is 29.0 Å². The van der Waals surface area contributed by atoms with Crippen molar-refractivity contribution in [1.82, 2.24) is 90.4 Å². The maximum Gasteiger partial charge on any atom is 0.346 e. The van der Waals surface area contributed by atoms with E-state index in [1.807, 2.05) is 19.9 Å². The third-order valence-corrected chi connectivity index (χ3v) is 25.4. The van der Waals surface area contributed by atoms with Crippen LogP contribution < -0.4 is 80.9 Å². The number of aromatic nitrogens is 16. The van der Waals surface area contributed by atoms with Crippen molar-refractivity contribution in [3.05, 3.63) is 169 Å². The second-order valence-electron chi connectivity index (χ2n) is 35.2. The number of hydrogen-bond donors (Lipinski definition) is 8. The van der Waals surface area contributed by atoms with Crippen LogP contribution in [0, 0.1) is 0 Å². The largest absolute Gasteiger partial charge is 0.488 e. The highest BCUT2D eigenvalue weighted by Gasteiger charge is 2.32. The van der Waals surface area contributed by atoms with Gasteiger partial charge in [0.25, 0.3) is 11.8 Å². The molecule has 4 aromatic carbocycles. The molecule has 138 heavy (non-hydrogen) atoms. The van der Waals surface area contributed by atoms with Crippen LogP contribution in [0.1, 0.15) is 137 Å². The van der Waals surface area contributed by atoms with Gasteiger partial charge in [-0.05, 0) is 153 Å². The molecule has 0 spiro atoms. The summed E-state index contributed by atoms with van der Waals surface area (Å²) in [4.78, 5) is 113. The fourth-order valence-corrected chi connectivity index (χ4v) is 18.3. The summed E-state index contributed by atoms with van der Waals surface area (Å²) in [7, 11) is 1.60. The Morgan fingerprint density at radius 3 is 1.11 bits per heavy atom. The molecule has 1 unspecified atom stereocenters. The minimum absolute atomic E-state index is 0.0884. The highest BCUT2D eigenvalue weighted by molar-refractivity contribution is 5.94. The van der Waals surface area contributed by atoms with Gasteiger partial charge in [0.15, 0.2) is 0 Å². The first kappa shape index (κ1) is 96.2. The van der Waals surface area contributed by atoms with Gasteiger partial charge in [0, 0.05) is 230 Å². The lowest BCUT2D eigenvalue weighted by molar-refractivity contribution is 0.0903. The summed E-state index contributed by atoms with van der Waals surface area (Å²) in [5.74, 6) is 5.19. The van der Waals surface area contributed by atoms with Crippen molar-refractivity contribution >= 4 is 102 Å². The third-order valence-electron chi connectivity index (χ3n) is 25.4. The summed E-state index contributed by atoms with van der Waals surface area (Å²) >= 11 is 0. The number of carbonyl (C=O) groups is 2. The van der Waals surface area contributed by atoms with E-state index < -0.39 is 0 Å². The molecule has 8 aliphatic rings. The van der Waals surface area contributed by atoms with Crippen LogP contribution >= 0.6 is 0 Å². The van der Waals surface area contributed by atoms with Crippen molar-refractivity contribution < 1.29 is 62.1 Å². The Kier molecular flexibility index (Phi) is 33.8. The third kappa shape index (κ3) is 26.6. The molecule has 8 aromatic heterocycles. The lowest BCUT2D eigenvalue weighted by atomic mass is 9.93. The van der Waals surface area contributed by atoms with E-state index in [1.165, 1.54) is 18.6 Å². The minimum atomic E-state index is -0.338. The number of aliphatic hydroxyl groups excluding tert-OH is 1. The molecule has 1 atom stereocenters. The predicted molar refractivity (Wildman–Crippen MR) is 522 cm³/mol. The number of nitrogens with zero attached hydrogens (tertiary/aromatic N) is 19. The van der Waals surface area contributed by atoms with Crippen molar-refractivity contribution in [3.63, 3.8) is 0 Å². The molecular formula is C98H122N26O14. The molecule has 0 bridgehead atoms. The molecule has 4 saturated carbocycles. The number of nitrogens with one attached hydrogen (secondary N) is 7. The number of ether oxygens (including phenoxy) is 10. The Balaban J connectivity index is 0.000000128. The highest BCUT2D eigenvalue weighted by Crippen LogP contribution is 2.40.